The van der Waals surface area contributed by atoms with Crippen molar-refractivity contribution in [1.82, 2.24) is 0 Å². The highest BCUT2D eigenvalue weighted by atomic mass is 16.7. The monoisotopic (exact) mass is 622 g/mol. The summed E-state index contributed by atoms with van der Waals surface area (Å²) in [6.45, 7) is 1.45. The quantitative estimate of drug-likeness (QED) is 0.152. The van der Waals surface area contributed by atoms with Crippen molar-refractivity contribution in [3.05, 3.63) is 46.6 Å². The number of carboxylic acids is 1. The molecule has 5 rings (SSSR count). The Labute approximate surface area is 247 Å². The smallest absolute Gasteiger partial charge is 0.335 e. The summed E-state index contributed by atoms with van der Waals surface area (Å²) in [5, 5.41) is 80.9. The van der Waals surface area contributed by atoms with Gasteiger partial charge in [0.25, 0.3) is 0 Å². The lowest BCUT2D eigenvalue weighted by molar-refractivity contribution is -0.271. The molecule has 3 heterocycles. The number of fused-ring (bicyclic) bond motifs is 1. The van der Waals surface area contributed by atoms with Crippen LogP contribution in [0.3, 0.4) is 0 Å². The number of hydrogen-bond acceptors (Lipinski definition) is 15. The third kappa shape index (κ3) is 5.64. The van der Waals surface area contributed by atoms with E-state index in [1.807, 2.05) is 0 Å². The van der Waals surface area contributed by atoms with E-state index < -0.39 is 89.7 Å². The van der Waals surface area contributed by atoms with Gasteiger partial charge in [-0.25, -0.2) is 4.79 Å². The fourth-order valence-electron chi connectivity index (χ4n) is 4.88. The number of aliphatic carboxylic acids is 1. The fourth-order valence-corrected chi connectivity index (χ4v) is 4.88. The van der Waals surface area contributed by atoms with Crippen LogP contribution in [-0.2, 0) is 14.3 Å². The molecule has 2 aliphatic heterocycles. The number of rotatable bonds is 7. The van der Waals surface area contributed by atoms with E-state index in [2.05, 4.69) is 0 Å². The van der Waals surface area contributed by atoms with Crippen molar-refractivity contribution in [3.8, 4) is 34.3 Å². The zero-order valence-electron chi connectivity index (χ0n) is 23.1. The number of methoxy groups -OCH3 is 1. The molecule has 8 N–H and O–H groups in total. The van der Waals surface area contributed by atoms with Gasteiger partial charge in [0.15, 0.2) is 11.9 Å². The second kappa shape index (κ2) is 12.2. The summed E-state index contributed by atoms with van der Waals surface area (Å²) in [5.74, 6) is -3.04. The number of phenols is 1. The Hall–Kier alpha value is -4.00. The second-order valence-corrected chi connectivity index (χ2v) is 10.3. The molecule has 2 saturated heterocycles. The van der Waals surface area contributed by atoms with Crippen LogP contribution in [0.25, 0.3) is 22.3 Å². The van der Waals surface area contributed by atoms with Crippen molar-refractivity contribution in [1.29, 1.82) is 0 Å². The van der Waals surface area contributed by atoms with Gasteiger partial charge in [-0.15, -0.1) is 0 Å². The van der Waals surface area contributed by atoms with Crippen LogP contribution in [0, 0.1) is 0 Å². The number of carbonyl (C=O) groups is 1. The van der Waals surface area contributed by atoms with Gasteiger partial charge in [-0.3, -0.25) is 4.79 Å². The Morgan fingerprint density at radius 2 is 1.41 bits per heavy atom. The van der Waals surface area contributed by atoms with Crippen molar-refractivity contribution in [2.75, 3.05) is 7.11 Å². The summed E-state index contributed by atoms with van der Waals surface area (Å²) >= 11 is 0. The van der Waals surface area contributed by atoms with Crippen LogP contribution in [0.15, 0.2) is 45.6 Å². The van der Waals surface area contributed by atoms with E-state index in [4.69, 9.17) is 28.1 Å². The lowest BCUT2D eigenvalue weighted by Crippen LogP contribution is -2.61. The minimum atomic E-state index is -2.03. The number of benzene rings is 2. The molecule has 238 valence electrons. The molecule has 16 nitrogen and oxygen atoms in total. The van der Waals surface area contributed by atoms with Crippen molar-refractivity contribution in [2.24, 2.45) is 0 Å². The third-order valence-electron chi connectivity index (χ3n) is 7.37. The summed E-state index contributed by atoms with van der Waals surface area (Å²) in [5.41, 5.74) is -1.06. The lowest BCUT2D eigenvalue weighted by Gasteiger charge is -2.38. The van der Waals surface area contributed by atoms with Crippen molar-refractivity contribution in [2.45, 2.75) is 68.3 Å². The normalized spacial score (nSPS) is 32.3. The Bertz CT molecular complexity index is 1570. The standard InChI is InChI=1S/C28H30O16/c1-9-16(30)18(32)21(35)27(40-9)41-12-7-13(29)15-14(8-12)42-23(10-3-5-11(39-2)6-4-10)24(17(15)31)43-28-22(36)19(33)20(34)25(44-28)26(37)38/h3-9,16,18-22,25,27-30,32-36H,1-2H3,(H,37,38). The zero-order chi connectivity index (χ0) is 32.0. The van der Waals surface area contributed by atoms with Gasteiger partial charge < -0.3 is 69.0 Å². The zero-order valence-corrected chi connectivity index (χ0v) is 23.1. The molecular formula is C28H30O16. The van der Waals surface area contributed by atoms with Gasteiger partial charge in [-0.05, 0) is 31.2 Å². The van der Waals surface area contributed by atoms with Gasteiger partial charge in [0, 0.05) is 17.7 Å². The summed E-state index contributed by atoms with van der Waals surface area (Å²) in [7, 11) is 1.43. The first-order valence-electron chi connectivity index (χ1n) is 13.3. The minimum Gasteiger partial charge on any atom is -0.507 e. The molecule has 2 aromatic carbocycles. The molecule has 0 amide bonds. The number of hydrogen-bond donors (Lipinski definition) is 8. The summed E-state index contributed by atoms with van der Waals surface area (Å²) in [6.07, 6.45) is -17.1. The van der Waals surface area contributed by atoms with E-state index >= 15 is 0 Å². The first-order valence-corrected chi connectivity index (χ1v) is 13.3. The van der Waals surface area contributed by atoms with Gasteiger partial charge in [0.2, 0.25) is 23.8 Å². The third-order valence-corrected chi connectivity index (χ3v) is 7.37. The number of carboxylic acid groups (broad SMARTS) is 1. The molecule has 2 fully saturated rings. The van der Waals surface area contributed by atoms with Crippen LogP contribution in [0.1, 0.15) is 6.92 Å². The Kier molecular flexibility index (Phi) is 8.70. The molecule has 16 heteroatoms. The predicted octanol–water partition coefficient (Wildman–Crippen LogP) is -1.35. The summed E-state index contributed by atoms with van der Waals surface area (Å²) < 4.78 is 32.9. The van der Waals surface area contributed by atoms with E-state index in [1.54, 1.807) is 0 Å². The number of phenolic OH excluding ortho intramolecular Hbond substituents is 1. The van der Waals surface area contributed by atoms with Gasteiger partial charge in [-0.1, -0.05) is 0 Å². The Balaban J connectivity index is 1.60. The van der Waals surface area contributed by atoms with Crippen molar-refractivity contribution < 1.29 is 73.7 Å². The SMILES string of the molecule is COc1ccc(-c2oc3cc(OC4OC(C)C(O)C(O)C4O)cc(O)c3c(=O)c2OC2OC(C(=O)O)C(O)C(O)C2O)cc1. The molecule has 0 aliphatic carbocycles. The van der Waals surface area contributed by atoms with Gasteiger partial charge in [-0.2, -0.15) is 0 Å². The Morgan fingerprint density at radius 3 is 2.02 bits per heavy atom. The molecule has 10 unspecified atom stereocenters. The second-order valence-electron chi connectivity index (χ2n) is 10.3. The van der Waals surface area contributed by atoms with Crippen LogP contribution in [0.4, 0.5) is 0 Å². The first-order chi connectivity index (χ1) is 20.8. The molecule has 2 aliphatic rings. The molecule has 10 atom stereocenters. The van der Waals surface area contributed by atoms with Crippen LogP contribution in [0.5, 0.6) is 23.0 Å². The predicted molar refractivity (Wildman–Crippen MR) is 144 cm³/mol. The molecule has 0 radical (unpaired) electrons. The minimum absolute atomic E-state index is 0.167. The molecule has 3 aromatic rings. The topological polar surface area (TPSA) is 255 Å². The number of aliphatic hydroxyl groups is 6. The maximum atomic E-state index is 13.8. The van der Waals surface area contributed by atoms with Crippen LogP contribution >= 0.6 is 0 Å². The largest absolute Gasteiger partial charge is 0.507 e. The van der Waals surface area contributed by atoms with E-state index in [-0.39, 0.29) is 22.7 Å². The van der Waals surface area contributed by atoms with E-state index in [9.17, 15) is 50.4 Å². The lowest BCUT2D eigenvalue weighted by atomic mass is 9.99. The molecule has 0 bridgehead atoms. The highest BCUT2D eigenvalue weighted by Crippen LogP contribution is 2.38. The van der Waals surface area contributed by atoms with Crippen molar-refractivity contribution >= 4 is 16.9 Å². The van der Waals surface area contributed by atoms with E-state index in [0.29, 0.717) is 5.75 Å². The highest BCUT2D eigenvalue weighted by molar-refractivity contribution is 5.88. The maximum Gasteiger partial charge on any atom is 0.335 e. The van der Waals surface area contributed by atoms with Gasteiger partial charge in [0.1, 0.15) is 64.8 Å². The van der Waals surface area contributed by atoms with E-state index in [1.165, 1.54) is 44.4 Å². The molecule has 44 heavy (non-hydrogen) atoms. The van der Waals surface area contributed by atoms with Gasteiger partial charge in [0.05, 0.1) is 13.2 Å². The first kappa shape index (κ1) is 31.4. The number of ether oxygens (including phenoxy) is 5. The van der Waals surface area contributed by atoms with Gasteiger partial charge >= 0.3 is 5.97 Å². The van der Waals surface area contributed by atoms with E-state index in [0.717, 1.165) is 6.07 Å². The average molecular weight is 623 g/mol. The number of aromatic hydroxyl groups is 1. The number of aliphatic hydroxyl groups excluding tert-OH is 6. The van der Waals surface area contributed by atoms with Crippen LogP contribution in [0.2, 0.25) is 0 Å². The molecule has 1 aromatic heterocycles. The van der Waals surface area contributed by atoms with Crippen LogP contribution < -0.4 is 19.6 Å². The summed E-state index contributed by atoms with van der Waals surface area (Å²) in [6, 6.07) is 8.17. The maximum absolute atomic E-state index is 13.8. The molecular weight excluding hydrogens is 592 g/mol. The molecule has 0 saturated carbocycles. The fraction of sp³-hybridized carbons (Fsp3) is 0.429. The van der Waals surface area contributed by atoms with Crippen LogP contribution in [-0.4, -0.2) is 115 Å². The summed E-state index contributed by atoms with van der Waals surface area (Å²) in [4.78, 5) is 25.4. The average Bonchev–Trinajstić information content (AvgIpc) is 2.99. The highest BCUT2D eigenvalue weighted by Gasteiger charge is 2.49. The Morgan fingerprint density at radius 1 is 0.795 bits per heavy atom. The van der Waals surface area contributed by atoms with Crippen molar-refractivity contribution in [3.63, 3.8) is 0 Å². The molecule has 0 spiro atoms.